The van der Waals surface area contributed by atoms with Gasteiger partial charge in [0.25, 0.3) is 5.91 Å². The van der Waals surface area contributed by atoms with Crippen molar-refractivity contribution in [1.29, 1.82) is 0 Å². The number of aromatic nitrogens is 1. The molecule has 0 unspecified atom stereocenters. The number of aryl methyl sites for hydroxylation is 1. The first-order valence-corrected chi connectivity index (χ1v) is 8.71. The highest BCUT2D eigenvalue weighted by Gasteiger charge is 2.17. The van der Waals surface area contributed by atoms with Gasteiger partial charge in [0.05, 0.1) is 5.02 Å². The van der Waals surface area contributed by atoms with Crippen LogP contribution in [-0.2, 0) is 6.54 Å². The van der Waals surface area contributed by atoms with Gasteiger partial charge in [-0.2, -0.15) is 0 Å². The molecule has 3 aromatic rings. The zero-order chi connectivity index (χ0) is 19.4. The van der Waals surface area contributed by atoms with Crippen molar-refractivity contribution in [2.24, 2.45) is 0 Å². The minimum Gasteiger partial charge on any atom is -0.399 e. The molecule has 2 aromatic carbocycles. The normalized spacial score (nSPS) is 10.4. The fraction of sp³-hybridized carbons (Fsp3) is 0.0952. The fourth-order valence-corrected chi connectivity index (χ4v) is 2.93. The van der Waals surface area contributed by atoms with E-state index in [1.165, 1.54) is 6.07 Å². The molecular formula is C21H18ClN3O2. The van der Waals surface area contributed by atoms with E-state index >= 15 is 0 Å². The summed E-state index contributed by atoms with van der Waals surface area (Å²) in [6.45, 7) is 2.17. The van der Waals surface area contributed by atoms with Crippen molar-refractivity contribution >= 4 is 29.0 Å². The SMILES string of the molecule is Cc1ccc(C(=O)NCc2cccnc2)cc1C(=O)c1ccc(N)cc1Cl. The minimum atomic E-state index is -0.267. The van der Waals surface area contributed by atoms with E-state index in [1.807, 2.05) is 13.0 Å². The number of nitrogens with two attached hydrogens (primary N) is 1. The van der Waals surface area contributed by atoms with Crippen LogP contribution in [0.15, 0.2) is 60.9 Å². The van der Waals surface area contributed by atoms with Crippen LogP contribution in [0, 0.1) is 6.92 Å². The second kappa shape index (κ2) is 8.01. The zero-order valence-electron chi connectivity index (χ0n) is 14.7. The second-order valence-electron chi connectivity index (χ2n) is 6.14. The van der Waals surface area contributed by atoms with Crippen LogP contribution in [0.1, 0.15) is 37.4 Å². The Morgan fingerprint density at radius 3 is 2.63 bits per heavy atom. The summed E-state index contributed by atoms with van der Waals surface area (Å²) in [5.74, 6) is -0.518. The van der Waals surface area contributed by atoms with Crippen molar-refractivity contribution in [2.75, 3.05) is 5.73 Å². The number of hydrogen-bond acceptors (Lipinski definition) is 4. The molecule has 0 aliphatic heterocycles. The third-order valence-electron chi connectivity index (χ3n) is 4.16. The van der Waals surface area contributed by atoms with Crippen LogP contribution < -0.4 is 11.1 Å². The quantitative estimate of drug-likeness (QED) is 0.521. The Balaban J connectivity index is 1.83. The molecule has 0 radical (unpaired) electrons. The van der Waals surface area contributed by atoms with Crippen LogP contribution in [0.2, 0.25) is 5.02 Å². The summed E-state index contributed by atoms with van der Waals surface area (Å²) >= 11 is 6.16. The number of halogens is 1. The molecule has 3 N–H and O–H groups in total. The first-order valence-electron chi connectivity index (χ1n) is 8.33. The summed E-state index contributed by atoms with van der Waals surface area (Å²) < 4.78 is 0. The number of hydrogen-bond donors (Lipinski definition) is 2. The molecular weight excluding hydrogens is 362 g/mol. The van der Waals surface area contributed by atoms with E-state index in [2.05, 4.69) is 10.3 Å². The Morgan fingerprint density at radius 2 is 1.93 bits per heavy atom. The summed E-state index contributed by atoms with van der Waals surface area (Å²) in [5.41, 5.74) is 9.00. The zero-order valence-corrected chi connectivity index (χ0v) is 15.5. The number of anilines is 1. The monoisotopic (exact) mass is 379 g/mol. The van der Waals surface area contributed by atoms with Crippen molar-refractivity contribution in [1.82, 2.24) is 10.3 Å². The first-order chi connectivity index (χ1) is 13.0. The molecule has 0 saturated heterocycles. The van der Waals surface area contributed by atoms with Gasteiger partial charge in [-0.3, -0.25) is 14.6 Å². The Hall–Kier alpha value is -3.18. The highest BCUT2D eigenvalue weighted by atomic mass is 35.5. The average molecular weight is 380 g/mol. The number of carbonyl (C=O) groups excluding carboxylic acids is 2. The predicted molar refractivity (Wildman–Crippen MR) is 106 cm³/mol. The second-order valence-corrected chi connectivity index (χ2v) is 6.55. The highest BCUT2D eigenvalue weighted by molar-refractivity contribution is 6.35. The third-order valence-corrected chi connectivity index (χ3v) is 4.47. The number of rotatable bonds is 5. The van der Waals surface area contributed by atoms with Crippen molar-refractivity contribution in [2.45, 2.75) is 13.5 Å². The number of carbonyl (C=O) groups is 2. The van der Waals surface area contributed by atoms with Crippen molar-refractivity contribution < 1.29 is 9.59 Å². The van der Waals surface area contributed by atoms with Crippen LogP contribution in [0.3, 0.4) is 0 Å². The van der Waals surface area contributed by atoms with Gasteiger partial charge in [-0.05, 0) is 54.4 Å². The lowest BCUT2D eigenvalue weighted by Crippen LogP contribution is -2.23. The molecule has 0 atom stereocenters. The maximum atomic E-state index is 12.9. The minimum absolute atomic E-state index is 0.251. The lowest BCUT2D eigenvalue weighted by molar-refractivity contribution is 0.0951. The van der Waals surface area contributed by atoms with Gasteiger partial charge in [0.1, 0.15) is 0 Å². The molecule has 3 rings (SSSR count). The molecule has 0 bridgehead atoms. The summed E-state index contributed by atoms with van der Waals surface area (Å²) in [4.78, 5) is 29.4. The standard InChI is InChI=1S/C21H18ClN3O2/c1-13-4-5-15(21(27)25-12-14-3-2-8-24-11-14)9-18(13)20(26)17-7-6-16(23)10-19(17)22/h2-11H,12,23H2,1H3,(H,25,27). The van der Waals surface area contributed by atoms with Gasteiger partial charge in [-0.15, -0.1) is 0 Å². The van der Waals surface area contributed by atoms with E-state index in [1.54, 1.807) is 48.8 Å². The molecule has 0 fully saturated rings. The van der Waals surface area contributed by atoms with Crippen molar-refractivity contribution in [3.05, 3.63) is 93.8 Å². The van der Waals surface area contributed by atoms with Crippen molar-refractivity contribution in [3.63, 3.8) is 0 Å². The Kier molecular flexibility index (Phi) is 5.52. The summed E-state index contributed by atoms with van der Waals surface area (Å²) in [7, 11) is 0. The molecule has 1 amide bonds. The summed E-state index contributed by atoms with van der Waals surface area (Å²) in [6, 6.07) is 13.5. The van der Waals surface area contributed by atoms with Crippen LogP contribution in [0.25, 0.3) is 0 Å². The molecule has 1 heterocycles. The summed E-state index contributed by atoms with van der Waals surface area (Å²) in [6.07, 6.45) is 3.36. The van der Waals surface area contributed by atoms with E-state index in [9.17, 15) is 9.59 Å². The van der Waals surface area contributed by atoms with E-state index in [0.717, 1.165) is 11.1 Å². The van der Waals surface area contributed by atoms with Gasteiger partial charge in [0.2, 0.25) is 0 Å². The van der Waals surface area contributed by atoms with Crippen LogP contribution >= 0.6 is 11.6 Å². The van der Waals surface area contributed by atoms with E-state index < -0.39 is 0 Å². The molecule has 0 aliphatic rings. The third kappa shape index (κ3) is 4.33. The maximum absolute atomic E-state index is 12.9. The highest BCUT2D eigenvalue weighted by Crippen LogP contribution is 2.24. The number of nitrogens with zero attached hydrogens (tertiary/aromatic N) is 1. The summed E-state index contributed by atoms with van der Waals surface area (Å²) in [5, 5.41) is 3.11. The van der Waals surface area contributed by atoms with Gasteiger partial charge >= 0.3 is 0 Å². The molecule has 0 aliphatic carbocycles. The van der Waals surface area contributed by atoms with Crippen LogP contribution in [-0.4, -0.2) is 16.7 Å². The molecule has 0 spiro atoms. The van der Waals surface area contributed by atoms with Crippen molar-refractivity contribution in [3.8, 4) is 0 Å². The average Bonchev–Trinajstić information content (AvgIpc) is 2.67. The molecule has 5 nitrogen and oxygen atoms in total. The number of benzene rings is 2. The van der Waals surface area contributed by atoms with Crippen LogP contribution in [0.5, 0.6) is 0 Å². The number of pyridine rings is 1. The number of nitrogen functional groups attached to an aromatic ring is 1. The lowest BCUT2D eigenvalue weighted by atomic mass is 9.96. The van der Waals surface area contributed by atoms with E-state index in [0.29, 0.717) is 28.9 Å². The van der Waals surface area contributed by atoms with Crippen LogP contribution in [0.4, 0.5) is 5.69 Å². The van der Waals surface area contributed by atoms with Gasteiger partial charge in [-0.25, -0.2) is 0 Å². The van der Waals surface area contributed by atoms with Gasteiger partial charge in [0.15, 0.2) is 5.78 Å². The number of amides is 1. The number of ketones is 1. The van der Waals surface area contributed by atoms with Gasteiger partial charge in [-0.1, -0.05) is 23.7 Å². The Labute approximate surface area is 162 Å². The fourth-order valence-electron chi connectivity index (χ4n) is 2.66. The van der Waals surface area contributed by atoms with E-state index in [4.69, 9.17) is 17.3 Å². The predicted octanol–water partition coefficient (Wildman–Crippen LogP) is 3.79. The smallest absolute Gasteiger partial charge is 0.251 e. The molecule has 6 heteroatoms. The van der Waals surface area contributed by atoms with E-state index in [-0.39, 0.29) is 16.7 Å². The maximum Gasteiger partial charge on any atom is 0.251 e. The van der Waals surface area contributed by atoms with Gasteiger partial charge < -0.3 is 11.1 Å². The molecule has 0 saturated carbocycles. The Bertz CT molecular complexity index is 1000. The Morgan fingerprint density at radius 1 is 1.11 bits per heavy atom. The lowest BCUT2D eigenvalue weighted by Gasteiger charge is -2.10. The first kappa shape index (κ1) is 18.6. The molecule has 1 aromatic heterocycles. The number of nitrogens with one attached hydrogen (secondary N) is 1. The molecule has 136 valence electrons. The molecule has 27 heavy (non-hydrogen) atoms. The topological polar surface area (TPSA) is 85.1 Å². The van der Waals surface area contributed by atoms with Gasteiger partial charge in [0, 0.05) is 41.3 Å². The largest absolute Gasteiger partial charge is 0.399 e.